The zero-order chi connectivity index (χ0) is 36.8. The first-order chi connectivity index (χ1) is 24.4. The molecular weight excluding hydrogens is 624 g/mol. The molecule has 0 radical (unpaired) electrons. The van der Waals surface area contributed by atoms with E-state index in [1.54, 1.807) is 0 Å². The van der Waals surface area contributed by atoms with E-state index < -0.39 is 12.2 Å². The molecule has 0 aromatic carbocycles. The maximum absolute atomic E-state index is 12.2. The first kappa shape index (κ1) is 47.8. The third kappa shape index (κ3) is 37.1. The minimum absolute atomic E-state index is 0.115. The number of aliphatic hydroxyl groups excluding tert-OH is 2. The summed E-state index contributed by atoms with van der Waals surface area (Å²) in [4.78, 5) is 24.3. The number of hydrogen-bond acceptors (Lipinski definition) is 6. The number of aliphatic hydroxyl groups is 2. The molecule has 0 aliphatic carbocycles. The molecule has 2 N–H and O–H groups in total. The van der Waals surface area contributed by atoms with Crippen molar-refractivity contribution in [3.8, 4) is 0 Å². The Bertz CT molecular complexity index is 874. The van der Waals surface area contributed by atoms with Gasteiger partial charge in [-0.05, 0) is 50.9 Å². The summed E-state index contributed by atoms with van der Waals surface area (Å²) < 4.78 is 10.6. The fraction of sp³-hybridized carbons (Fsp3) is 0.773. The molecule has 0 heterocycles. The van der Waals surface area contributed by atoms with Crippen LogP contribution in [0.1, 0.15) is 188 Å². The van der Waals surface area contributed by atoms with Gasteiger partial charge in [-0.3, -0.25) is 9.59 Å². The summed E-state index contributed by atoms with van der Waals surface area (Å²) in [5.74, 6) is 0.152. The minimum atomic E-state index is -0.811. The molecule has 0 spiro atoms. The molecule has 6 nitrogen and oxygen atoms in total. The van der Waals surface area contributed by atoms with E-state index in [-0.39, 0.29) is 31.6 Å². The van der Waals surface area contributed by atoms with Crippen molar-refractivity contribution in [3.05, 3.63) is 48.6 Å². The van der Waals surface area contributed by atoms with Crippen molar-refractivity contribution >= 4 is 11.9 Å². The maximum Gasteiger partial charge on any atom is 0.306 e. The number of rotatable bonds is 36. The Labute approximate surface area is 308 Å². The molecular formula is C44H78O6. The fourth-order valence-electron chi connectivity index (χ4n) is 5.69. The van der Waals surface area contributed by atoms with Crippen LogP contribution < -0.4 is 0 Å². The summed E-state index contributed by atoms with van der Waals surface area (Å²) in [6, 6.07) is 0. The van der Waals surface area contributed by atoms with Crippen LogP contribution in [0.4, 0.5) is 0 Å². The lowest BCUT2D eigenvalue weighted by atomic mass is 10.0. The van der Waals surface area contributed by atoms with Gasteiger partial charge in [-0.2, -0.15) is 0 Å². The number of allylic oxidation sites excluding steroid dienone is 6. The maximum atomic E-state index is 12.2. The summed E-state index contributed by atoms with van der Waals surface area (Å²) in [7, 11) is 0. The van der Waals surface area contributed by atoms with E-state index in [2.05, 4.69) is 26.8 Å². The first-order valence-electron chi connectivity index (χ1n) is 20.7. The zero-order valence-electron chi connectivity index (χ0n) is 32.7. The van der Waals surface area contributed by atoms with E-state index >= 15 is 0 Å². The molecule has 0 aliphatic rings. The molecule has 0 amide bonds. The highest BCUT2D eigenvalue weighted by atomic mass is 16.6. The number of hydrogen-bond donors (Lipinski definition) is 2. The molecule has 2 atom stereocenters. The standard InChI is InChI=1S/C44H78O6/c1-4-5-6-7-18-24-29-34-41(46)35-30-25-20-17-22-26-31-36-43(47)49-39-42(38-45)50-44(48)37-32-27-21-16-14-12-10-8-9-11-13-15-19-23-28-33-40(2)3/h17-18,22,24-25,29-30,34,40-42,45-46H,4-16,19-21,23,26-28,31-33,35-39H2,1-3H3/b22-17+,24-18-,30-25-,34-29-/t41-,42+/m1/s1. The van der Waals surface area contributed by atoms with Crippen LogP contribution in [0.2, 0.25) is 0 Å². The van der Waals surface area contributed by atoms with E-state index in [1.807, 2.05) is 42.5 Å². The van der Waals surface area contributed by atoms with Crippen LogP contribution in [0.25, 0.3) is 0 Å². The van der Waals surface area contributed by atoms with Gasteiger partial charge in [0.15, 0.2) is 6.10 Å². The smallest absolute Gasteiger partial charge is 0.306 e. The summed E-state index contributed by atoms with van der Waals surface area (Å²) in [5, 5.41) is 19.6. The van der Waals surface area contributed by atoms with Crippen molar-refractivity contribution in [2.45, 2.75) is 200 Å². The molecule has 0 aromatic rings. The number of ether oxygens (including phenoxy) is 2. The Morgan fingerprint density at radius 1 is 0.620 bits per heavy atom. The van der Waals surface area contributed by atoms with Crippen molar-refractivity contribution in [1.29, 1.82) is 0 Å². The van der Waals surface area contributed by atoms with Gasteiger partial charge in [-0.25, -0.2) is 0 Å². The molecule has 0 aromatic heterocycles. The summed E-state index contributed by atoms with van der Waals surface area (Å²) >= 11 is 0. The van der Waals surface area contributed by atoms with Crippen LogP contribution in [-0.2, 0) is 19.1 Å². The topological polar surface area (TPSA) is 93.1 Å². The van der Waals surface area contributed by atoms with Crippen molar-refractivity contribution in [3.63, 3.8) is 0 Å². The normalized spacial score (nSPS) is 13.4. The van der Waals surface area contributed by atoms with Crippen molar-refractivity contribution < 1.29 is 29.3 Å². The predicted octanol–water partition coefficient (Wildman–Crippen LogP) is 11.8. The Morgan fingerprint density at radius 2 is 1.18 bits per heavy atom. The monoisotopic (exact) mass is 703 g/mol. The second-order valence-corrected chi connectivity index (χ2v) is 14.4. The van der Waals surface area contributed by atoms with Crippen LogP contribution >= 0.6 is 0 Å². The molecule has 0 aliphatic heterocycles. The molecule has 0 saturated carbocycles. The van der Waals surface area contributed by atoms with Gasteiger partial charge in [-0.1, -0.05) is 179 Å². The van der Waals surface area contributed by atoms with Crippen LogP contribution in [0.3, 0.4) is 0 Å². The zero-order valence-corrected chi connectivity index (χ0v) is 32.7. The Kier molecular flexibility index (Phi) is 36.4. The Balaban J connectivity index is 3.68. The summed E-state index contributed by atoms with van der Waals surface area (Å²) in [5.41, 5.74) is 0. The number of carbonyl (C=O) groups excluding carboxylic acids is 2. The molecule has 6 heteroatoms. The fourth-order valence-corrected chi connectivity index (χ4v) is 5.69. The molecule has 0 unspecified atom stereocenters. The first-order valence-corrected chi connectivity index (χ1v) is 20.7. The summed E-state index contributed by atoms with van der Waals surface area (Å²) in [6.45, 7) is 6.35. The van der Waals surface area contributed by atoms with E-state index in [1.165, 1.54) is 103 Å². The van der Waals surface area contributed by atoms with Gasteiger partial charge in [0.25, 0.3) is 0 Å². The largest absolute Gasteiger partial charge is 0.462 e. The lowest BCUT2D eigenvalue weighted by Gasteiger charge is -2.15. The lowest BCUT2D eigenvalue weighted by Crippen LogP contribution is -2.28. The number of esters is 2. The molecule has 0 bridgehead atoms. The van der Waals surface area contributed by atoms with Gasteiger partial charge in [0.1, 0.15) is 6.61 Å². The summed E-state index contributed by atoms with van der Waals surface area (Å²) in [6.07, 6.45) is 43.5. The Hall–Kier alpha value is -2.18. The number of unbranched alkanes of at least 4 members (excludes halogenated alkanes) is 18. The van der Waals surface area contributed by atoms with Crippen molar-refractivity contribution in [2.75, 3.05) is 13.2 Å². The highest BCUT2D eigenvalue weighted by molar-refractivity contribution is 5.70. The average molecular weight is 703 g/mol. The van der Waals surface area contributed by atoms with Gasteiger partial charge >= 0.3 is 11.9 Å². The second-order valence-electron chi connectivity index (χ2n) is 14.4. The second kappa shape index (κ2) is 38.1. The number of carbonyl (C=O) groups is 2. The lowest BCUT2D eigenvalue weighted by molar-refractivity contribution is -0.161. The van der Waals surface area contributed by atoms with E-state index in [9.17, 15) is 19.8 Å². The highest BCUT2D eigenvalue weighted by Crippen LogP contribution is 2.15. The van der Waals surface area contributed by atoms with Crippen molar-refractivity contribution in [1.82, 2.24) is 0 Å². The van der Waals surface area contributed by atoms with Gasteiger partial charge in [0, 0.05) is 12.8 Å². The van der Waals surface area contributed by atoms with Crippen LogP contribution in [0.5, 0.6) is 0 Å². The SMILES string of the molecule is CCCCC/C=C\C=C/[C@@H](O)C/C=C\C/C=C/CCCC(=O)OC[C@H](CO)OC(=O)CCCCCCCCCCCCCCCCCC(C)C. The van der Waals surface area contributed by atoms with Crippen LogP contribution in [-0.4, -0.2) is 47.6 Å². The van der Waals surface area contributed by atoms with Crippen LogP contribution in [0.15, 0.2) is 48.6 Å². The average Bonchev–Trinajstić information content (AvgIpc) is 3.10. The van der Waals surface area contributed by atoms with E-state index in [4.69, 9.17) is 9.47 Å². The third-order valence-corrected chi connectivity index (χ3v) is 8.88. The quantitative estimate of drug-likeness (QED) is 0.0292. The van der Waals surface area contributed by atoms with Gasteiger partial charge in [-0.15, -0.1) is 0 Å². The Morgan fingerprint density at radius 3 is 1.78 bits per heavy atom. The van der Waals surface area contributed by atoms with Crippen LogP contribution in [0, 0.1) is 5.92 Å². The molecule has 0 saturated heterocycles. The highest BCUT2D eigenvalue weighted by Gasteiger charge is 2.16. The molecule has 0 rings (SSSR count). The van der Waals surface area contributed by atoms with Gasteiger partial charge in [0.2, 0.25) is 0 Å². The van der Waals surface area contributed by atoms with E-state index in [0.717, 1.165) is 44.4 Å². The van der Waals surface area contributed by atoms with E-state index in [0.29, 0.717) is 19.3 Å². The molecule has 290 valence electrons. The molecule has 0 fully saturated rings. The van der Waals surface area contributed by atoms with Gasteiger partial charge < -0.3 is 19.7 Å². The molecule has 50 heavy (non-hydrogen) atoms. The predicted molar refractivity (Wildman–Crippen MR) is 211 cm³/mol. The third-order valence-electron chi connectivity index (χ3n) is 8.88. The minimum Gasteiger partial charge on any atom is -0.462 e. The van der Waals surface area contributed by atoms with Crippen molar-refractivity contribution in [2.24, 2.45) is 5.92 Å². The van der Waals surface area contributed by atoms with Gasteiger partial charge in [0.05, 0.1) is 12.7 Å².